The fraction of sp³-hybridized carbons (Fsp3) is 0.355. The van der Waals surface area contributed by atoms with E-state index >= 15 is 0 Å². The highest BCUT2D eigenvalue weighted by atomic mass is 16.5. The average Bonchev–Trinajstić information content (AvgIpc) is 3.28. The Morgan fingerprint density at radius 3 is 2.56 bits per heavy atom. The summed E-state index contributed by atoms with van der Waals surface area (Å²) in [6.45, 7) is 6.88. The fourth-order valence-corrected chi connectivity index (χ4v) is 5.10. The molecule has 0 radical (unpaired) electrons. The van der Waals surface area contributed by atoms with E-state index in [4.69, 9.17) is 14.6 Å². The Morgan fingerprint density at radius 2 is 1.85 bits per heavy atom. The lowest BCUT2D eigenvalue weighted by atomic mass is 9.89. The number of anilines is 1. The molecule has 39 heavy (non-hydrogen) atoms. The van der Waals surface area contributed by atoms with Gasteiger partial charge in [-0.25, -0.2) is 4.98 Å². The van der Waals surface area contributed by atoms with Gasteiger partial charge in [0.25, 0.3) is 5.91 Å². The number of likely N-dealkylation sites (tertiary alicyclic amines) is 1. The Kier molecular flexibility index (Phi) is 8.14. The van der Waals surface area contributed by atoms with Crippen LogP contribution in [-0.4, -0.2) is 57.8 Å². The van der Waals surface area contributed by atoms with Crippen molar-refractivity contribution in [3.63, 3.8) is 0 Å². The number of piperidine rings is 1. The molecular weight excluding hydrogens is 492 g/mol. The molecule has 1 aliphatic heterocycles. The van der Waals surface area contributed by atoms with Crippen LogP contribution in [0.15, 0.2) is 67.0 Å². The average molecular weight is 529 g/mol. The predicted octanol–water partition coefficient (Wildman–Crippen LogP) is 5.58. The van der Waals surface area contributed by atoms with Crippen LogP contribution in [0.25, 0.3) is 10.9 Å². The number of aromatic nitrogens is 2. The number of amides is 1. The summed E-state index contributed by atoms with van der Waals surface area (Å²) >= 11 is 0. The zero-order valence-corrected chi connectivity index (χ0v) is 22.8. The molecule has 204 valence electrons. The minimum absolute atomic E-state index is 0.0113. The molecule has 0 spiro atoms. The summed E-state index contributed by atoms with van der Waals surface area (Å²) < 4.78 is 14.3. The van der Waals surface area contributed by atoms with Gasteiger partial charge in [-0.3, -0.25) is 4.79 Å². The molecule has 1 amide bonds. The predicted molar refractivity (Wildman–Crippen MR) is 153 cm³/mol. The third-order valence-corrected chi connectivity index (χ3v) is 7.16. The molecule has 0 atom stereocenters. The lowest BCUT2D eigenvalue weighted by Crippen LogP contribution is -2.34. The van der Waals surface area contributed by atoms with E-state index in [0.717, 1.165) is 43.4 Å². The van der Waals surface area contributed by atoms with E-state index < -0.39 is 0 Å². The van der Waals surface area contributed by atoms with Crippen molar-refractivity contribution >= 4 is 22.6 Å². The molecule has 8 nitrogen and oxygen atoms in total. The number of hydrogen-bond donors (Lipinski definition) is 2. The molecular formula is C31H36N4O4. The van der Waals surface area contributed by atoms with Crippen LogP contribution in [0.5, 0.6) is 17.2 Å². The Morgan fingerprint density at radius 1 is 1.08 bits per heavy atom. The van der Waals surface area contributed by atoms with E-state index in [1.165, 1.54) is 5.56 Å². The second-order valence-electron chi connectivity index (χ2n) is 10.3. The lowest BCUT2D eigenvalue weighted by molar-refractivity contribution is 0.102. The number of pyridine rings is 1. The smallest absolute Gasteiger partial charge is 0.256 e. The Hall–Kier alpha value is -3.88. The van der Waals surface area contributed by atoms with Crippen LogP contribution >= 0.6 is 0 Å². The number of carbonyl (C=O) groups excluding carboxylic acids is 1. The number of nitrogens with zero attached hydrogens (tertiary/aromatic N) is 3. The van der Waals surface area contributed by atoms with Gasteiger partial charge in [-0.15, -0.1) is 0 Å². The number of aliphatic hydroxyl groups is 1. The molecule has 0 bridgehead atoms. The number of aliphatic hydroxyl groups excluding tert-OH is 1. The number of rotatable bonds is 9. The van der Waals surface area contributed by atoms with Gasteiger partial charge in [-0.2, -0.15) is 0 Å². The van der Waals surface area contributed by atoms with Crippen molar-refractivity contribution < 1.29 is 19.4 Å². The molecule has 0 aliphatic carbocycles. The quantitative estimate of drug-likeness (QED) is 0.295. The molecule has 0 unspecified atom stereocenters. The number of hydrogen-bond acceptors (Lipinski definition) is 6. The second kappa shape index (κ2) is 11.9. The Labute approximate surface area is 229 Å². The monoisotopic (exact) mass is 528 g/mol. The normalized spacial score (nSPS) is 14.6. The van der Waals surface area contributed by atoms with Crippen LogP contribution in [0.3, 0.4) is 0 Å². The molecule has 5 rings (SSSR count). The molecule has 1 fully saturated rings. The summed E-state index contributed by atoms with van der Waals surface area (Å²) in [5.41, 5.74) is 2.88. The van der Waals surface area contributed by atoms with E-state index in [2.05, 4.69) is 15.2 Å². The van der Waals surface area contributed by atoms with Crippen LogP contribution in [-0.2, 0) is 7.05 Å². The first-order valence-electron chi connectivity index (χ1n) is 13.5. The van der Waals surface area contributed by atoms with Crippen molar-refractivity contribution in [3.05, 3.63) is 78.1 Å². The maximum absolute atomic E-state index is 13.0. The van der Waals surface area contributed by atoms with Gasteiger partial charge < -0.3 is 29.4 Å². The number of fused-ring (bicyclic) bond motifs is 1. The topological polar surface area (TPSA) is 88.8 Å². The first-order chi connectivity index (χ1) is 18.9. The van der Waals surface area contributed by atoms with E-state index in [1.807, 2.05) is 74.1 Å². The van der Waals surface area contributed by atoms with Crippen molar-refractivity contribution in [1.82, 2.24) is 14.5 Å². The Bertz CT molecular complexity index is 1420. The highest BCUT2D eigenvalue weighted by Crippen LogP contribution is 2.37. The van der Waals surface area contributed by atoms with Crippen LogP contribution in [0, 0.1) is 0 Å². The summed E-state index contributed by atoms with van der Waals surface area (Å²) in [6.07, 6.45) is 5.72. The SMILES string of the molecule is CC(C)Oc1cc2c(ccn2C)cc1Oc1ccnc(NC(=O)c2ccc(C3CCN(CCO)CC3)cc2)c1. The number of nitrogens with one attached hydrogen (secondary N) is 1. The highest BCUT2D eigenvalue weighted by Gasteiger charge is 2.20. The van der Waals surface area contributed by atoms with Crippen LogP contribution in [0.2, 0.25) is 0 Å². The van der Waals surface area contributed by atoms with Crippen molar-refractivity contribution in [2.75, 3.05) is 31.6 Å². The zero-order chi connectivity index (χ0) is 27.4. The maximum atomic E-state index is 13.0. The number of ether oxygens (including phenoxy) is 2. The molecule has 2 aromatic carbocycles. The van der Waals surface area contributed by atoms with Gasteiger partial charge >= 0.3 is 0 Å². The van der Waals surface area contributed by atoms with Gasteiger partial charge in [0, 0.05) is 49.1 Å². The third kappa shape index (κ3) is 6.41. The molecule has 1 aliphatic rings. The largest absolute Gasteiger partial charge is 0.487 e. The van der Waals surface area contributed by atoms with Gasteiger partial charge in [-0.1, -0.05) is 12.1 Å². The van der Waals surface area contributed by atoms with Crippen molar-refractivity contribution in [3.8, 4) is 17.2 Å². The molecule has 0 saturated carbocycles. The molecule has 8 heteroatoms. The van der Waals surface area contributed by atoms with Crippen molar-refractivity contribution in [2.45, 2.75) is 38.7 Å². The van der Waals surface area contributed by atoms with Gasteiger partial charge in [-0.05, 0) is 81.6 Å². The van der Waals surface area contributed by atoms with Gasteiger partial charge in [0.2, 0.25) is 0 Å². The van der Waals surface area contributed by atoms with Crippen LogP contribution in [0.4, 0.5) is 5.82 Å². The maximum Gasteiger partial charge on any atom is 0.256 e. The van der Waals surface area contributed by atoms with E-state index in [9.17, 15) is 4.79 Å². The molecule has 3 heterocycles. The lowest BCUT2D eigenvalue weighted by Gasteiger charge is -2.31. The van der Waals surface area contributed by atoms with Gasteiger partial charge in [0.1, 0.15) is 11.6 Å². The van der Waals surface area contributed by atoms with Gasteiger partial charge in [0.05, 0.1) is 18.2 Å². The zero-order valence-electron chi connectivity index (χ0n) is 22.8. The number of aryl methyl sites for hydroxylation is 1. The number of β-amino-alcohol motifs (C(OH)–C–C–N with tert-alkyl or cyclic N) is 1. The number of benzene rings is 2. The van der Waals surface area contributed by atoms with Crippen LogP contribution < -0.4 is 14.8 Å². The van der Waals surface area contributed by atoms with Crippen molar-refractivity contribution in [2.24, 2.45) is 7.05 Å². The molecule has 2 N–H and O–H groups in total. The summed E-state index contributed by atoms with van der Waals surface area (Å²) in [4.78, 5) is 19.6. The summed E-state index contributed by atoms with van der Waals surface area (Å²) in [5.74, 6) is 2.47. The summed E-state index contributed by atoms with van der Waals surface area (Å²) in [7, 11) is 2.00. The summed E-state index contributed by atoms with van der Waals surface area (Å²) in [6, 6.07) is 17.3. The number of carbonyl (C=O) groups is 1. The minimum atomic E-state index is -0.224. The van der Waals surface area contributed by atoms with E-state index in [0.29, 0.717) is 34.5 Å². The highest BCUT2D eigenvalue weighted by molar-refractivity contribution is 6.03. The third-order valence-electron chi connectivity index (χ3n) is 7.16. The first-order valence-corrected chi connectivity index (χ1v) is 13.5. The standard InChI is InChI=1S/C31H36N4O4/c1-21(2)38-29-20-27-25(9-13-34(27)3)18-28(29)39-26-8-12-32-30(19-26)33-31(37)24-6-4-22(5-7-24)23-10-14-35(15-11-23)16-17-36/h4-9,12-13,18-21,23,36H,10-11,14-17H2,1-3H3,(H,32,33,37). The van der Waals surface area contributed by atoms with E-state index in [-0.39, 0.29) is 18.6 Å². The summed E-state index contributed by atoms with van der Waals surface area (Å²) in [5, 5.41) is 13.1. The first kappa shape index (κ1) is 26.7. The van der Waals surface area contributed by atoms with E-state index in [1.54, 1.807) is 18.3 Å². The minimum Gasteiger partial charge on any atom is -0.487 e. The van der Waals surface area contributed by atoms with Crippen molar-refractivity contribution in [1.29, 1.82) is 0 Å². The van der Waals surface area contributed by atoms with Gasteiger partial charge in [0.15, 0.2) is 11.5 Å². The fourth-order valence-electron chi connectivity index (χ4n) is 5.10. The molecule has 1 saturated heterocycles. The second-order valence-corrected chi connectivity index (χ2v) is 10.3. The molecule has 4 aromatic rings. The van der Waals surface area contributed by atoms with Crippen LogP contribution in [0.1, 0.15) is 48.5 Å². The Balaban J connectivity index is 1.26. The molecule has 2 aromatic heterocycles.